The molecule has 2 heterocycles. The van der Waals surface area contributed by atoms with Gasteiger partial charge in [-0.2, -0.15) is 0 Å². The van der Waals surface area contributed by atoms with Crippen molar-refractivity contribution in [2.24, 2.45) is 0 Å². The van der Waals surface area contributed by atoms with Crippen LogP contribution in [0.1, 0.15) is 63.6 Å². The Hall–Kier alpha value is -2.63. The molecule has 6 heteroatoms. The Kier molecular flexibility index (Phi) is 5.10. The van der Waals surface area contributed by atoms with Gasteiger partial charge in [0.25, 0.3) is 11.8 Å². The van der Waals surface area contributed by atoms with Gasteiger partial charge in [-0.05, 0) is 81.9 Å². The van der Waals surface area contributed by atoms with E-state index in [1.165, 1.54) is 25.3 Å². The molecule has 0 N–H and O–H groups in total. The number of aryl methyl sites for hydroxylation is 1. The number of urea groups is 1. The van der Waals surface area contributed by atoms with Crippen molar-refractivity contribution in [3.8, 4) is 0 Å². The van der Waals surface area contributed by atoms with E-state index in [1.54, 1.807) is 6.08 Å². The van der Waals surface area contributed by atoms with Crippen LogP contribution in [-0.2, 0) is 9.59 Å². The lowest BCUT2D eigenvalue weighted by Crippen LogP contribution is -2.53. The van der Waals surface area contributed by atoms with Gasteiger partial charge in [0.05, 0.1) is 0 Å². The topological polar surface area (TPSA) is 60.9 Å². The molecule has 3 rings (SSSR count). The normalized spacial score (nSPS) is 21.8. The molecule has 1 aromatic carbocycles. The molecule has 29 heavy (non-hydrogen) atoms. The first kappa shape index (κ1) is 21.1. The van der Waals surface area contributed by atoms with Crippen molar-refractivity contribution in [3.05, 3.63) is 34.4 Å². The monoisotopic (exact) mass is 397 g/mol. The van der Waals surface area contributed by atoms with Crippen LogP contribution < -0.4 is 4.90 Å². The minimum absolute atomic E-state index is 0.0159. The van der Waals surface area contributed by atoms with Crippen LogP contribution in [0.25, 0.3) is 6.08 Å². The third-order valence-electron chi connectivity index (χ3n) is 6.12. The lowest BCUT2D eigenvalue weighted by Gasteiger charge is -2.50. The molecule has 6 nitrogen and oxygen atoms in total. The summed E-state index contributed by atoms with van der Waals surface area (Å²) in [5, 5.41) is 0. The molecule has 1 aromatic rings. The van der Waals surface area contributed by atoms with Crippen molar-refractivity contribution in [2.45, 2.75) is 65.5 Å². The molecule has 156 valence electrons. The molecule has 0 unspecified atom stereocenters. The fourth-order valence-corrected chi connectivity index (χ4v) is 4.88. The summed E-state index contributed by atoms with van der Waals surface area (Å²) in [7, 11) is 2.79. The first-order chi connectivity index (χ1) is 13.4. The van der Waals surface area contributed by atoms with Crippen molar-refractivity contribution in [2.75, 3.05) is 19.0 Å². The molecule has 1 atom stereocenters. The SMILES string of the molecule is Cc1cc2c(cc1C=C1C(=O)N(C)C(=O)N(C)C1=O)[C@H](C)CC(C)(C)N2C(C)C. The number of anilines is 1. The van der Waals surface area contributed by atoms with Crippen molar-refractivity contribution in [1.29, 1.82) is 0 Å². The molecule has 1 saturated heterocycles. The predicted molar refractivity (Wildman–Crippen MR) is 115 cm³/mol. The molecule has 0 saturated carbocycles. The van der Waals surface area contributed by atoms with E-state index in [-0.39, 0.29) is 11.1 Å². The molecule has 4 amide bonds. The first-order valence-corrected chi connectivity index (χ1v) is 10.1. The largest absolute Gasteiger partial charge is 0.364 e. The smallest absolute Gasteiger partial charge is 0.333 e. The van der Waals surface area contributed by atoms with E-state index in [4.69, 9.17) is 0 Å². The number of barbiturate groups is 1. The third-order valence-corrected chi connectivity index (χ3v) is 6.12. The van der Waals surface area contributed by atoms with Gasteiger partial charge >= 0.3 is 6.03 Å². The Bertz CT molecular complexity index is 904. The number of carbonyl (C=O) groups excluding carboxylic acids is 3. The summed E-state index contributed by atoms with van der Waals surface area (Å²) < 4.78 is 0. The summed E-state index contributed by atoms with van der Waals surface area (Å²) in [6.07, 6.45) is 2.65. The lowest BCUT2D eigenvalue weighted by atomic mass is 9.78. The van der Waals surface area contributed by atoms with Crippen LogP contribution >= 0.6 is 0 Å². The Labute approximate surface area is 173 Å². The van der Waals surface area contributed by atoms with Crippen LogP contribution in [-0.4, -0.2) is 53.3 Å². The van der Waals surface area contributed by atoms with E-state index in [0.717, 1.165) is 27.3 Å². The minimum atomic E-state index is -0.609. The Morgan fingerprint density at radius 1 is 1.07 bits per heavy atom. The van der Waals surface area contributed by atoms with Gasteiger partial charge < -0.3 is 4.90 Å². The van der Waals surface area contributed by atoms with Crippen molar-refractivity contribution < 1.29 is 14.4 Å². The highest BCUT2D eigenvalue weighted by atomic mass is 16.2. The van der Waals surface area contributed by atoms with Crippen LogP contribution in [0, 0.1) is 6.92 Å². The van der Waals surface area contributed by atoms with E-state index in [9.17, 15) is 14.4 Å². The van der Waals surface area contributed by atoms with Crippen LogP contribution in [0.5, 0.6) is 0 Å². The van der Waals surface area contributed by atoms with Crippen molar-refractivity contribution >= 4 is 29.6 Å². The molecular weight excluding hydrogens is 366 g/mol. The van der Waals surface area contributed by atoms with Gasteiger partial charge in [-0.25, -0.2) is 4.79 Å². The van der Waals surface area contributed by atoms with Crippen LogP contribution in [0.2, 0.25) is 0 Å². The Balaban J connectivity index is 2.13. The number of benzene rings is 1. The summed E-state index contributed by atoms with van der Waals surface area (Å²) in [5.74, 6) is -0.765. The standard InChI is InChI=1S/C23H31N3O3/c1-13(2)26-19-9-14(3)16(10-17(19)15(4)12-23(26,5)6)11-18-20(27)24(7)22(29)25(8)21(18)28/h9-11,13,15H,12H2,1-8H3/t15-/m1/s1. The third kappa shape index (κ3) is 3.34. The number of imide groups is 2. The highest BCUT2D eigenvalue weighted by molar-refractivity contribution is 6.30. The molecule has 2 aliphatic heterocycles. The van der Waals surface area contributed by atoms with Gasteiger partial charge in [0.1, 0.15) is 5.57 Å². The summed E-state index contributed by atoms with van der Waals surface area (Å²) in [4.78, 5) is 41.5. The van der Waals surface area contributed by atoms with E-state index in [0.29, 0.717) is 12.0 Å². The lowest BCUT2D eigenvalue weighted by molar-refractivity contribution is -0.134. The molecule has 0 aromatic heterocycles. The summed E-state index contributed by atoms with van der Waals surface area (Å²) in [6, 6.07) is 4.01. The Morgan fingerprint density at radius 3 is 2.14 bits per heavy atom. The zero-order valence-corrected chi connectivity index (χ0v) is 18.7. The van der Waals surface area contributed by atoms with Gasteiger partial charge in [0, 0.05) is 31.4 Å². The van der Waals surface area contributed by atoms with E-state index in [2.05, 4.69) is 51.7 Å². The Morgan fingerprint density at radius 2 is 1.62 bits per heavy atom. The predicted octanol–water partition coefficient (Wildman–Crippen LogP) is 3.93. The van der Waals surface area contributed by atoms with Crippen molar-refractivity contribution in [3.63, 3.8) is 0 Å². The average molecular weight is 398 g/mol. The zero-order chi connectivity index (χ0) is 21.8. The van der Waals surface area contributed by atoms with Crippen LogP contribution in [0.3, 0.4) is 0 Å². The zero-order valence-electron chi connectivity index (χ0n) is 18.7. The number of rotatable bonds is 2. The number of nitrogens with zero attached hydrogens (tertiary/aromatic N) is 3. The molecule has 0 aliphatic carbocycles. The van der Waals surface area contributed by atoms with E-state index >= 15 is 0 Å². The fraction of sp³-hybridized carbons (Fsp3) is 0.522. The van der Waals surface area contributed by atoms with Gasteiger partial charge in [-0.15, -0.1) is 0 Å². The maximum atomic E-state index is 12.6. The quantitative estimate of drug-likeness (QED) is 0.560. The summed E-state index contributed by atoms with van der Waals surface area (Å²) in [6.45, 7) is 13.2. The highest BCUT2D eigenvalue weighted by Gasteiger charge is 2.39. The average Bonchev–Trinajstić information content (AvgIpc) is 2.61. The fourth-order valence-electron chi connectivity index (χ4n) is 4.88. The number of hydrogen-bond donors (Lipinski definition) is 0. The molecule has 0 spiro atoms. The van der Waals surface area contributed by atoms with Gasteiger partial charge in [0.2, 0.25) is 0 Å². The maximum absolute atomic E-state index is 12.6. The molecule has 2 aliphatic rings. The van der Waals surface area contributed by atoms with Crippen LogP contribution in [0.4, 0.5) is 10.5 Å². The summed E-state index contributed by atoms with van der Waals surface area (Å²) >= 11 is 0. The maximum Gasteiger partial charge on any atom is 0.333 e. The minimum Gasteiger partial charge on any atom is -0.364 e. The van der Waals surface area contributed by atoms with Gasteiger partial charge in [-0.3, -0.25) is 19.4 Å². The second kappa shape index (κ2) is 7.01. The molecular formula is C23H31N3O3. The highest BCUT2D eigenvalue weighted by Crippen LogP contribution is 2.45. The summed E-state index contributed by atoms with van der Waals surface area (Å²) in [5.41, 5.74) is 4.34. The van der Waals surface area contributed by atoms with Gasteiger partial charge in [-0.1, -0.05) is 6.92 Å². The number of fused-ring (bicyclic) bond motifs is 1. The van der Waals surface area contributed by atoms with E-state index in [1.807, 2.05) is 6.92 Å². The molecule has 0 bridgehead atoms. The number of amides is 4. The first-order valence-electron chi connectivity index (χ1n) is 10.1. The molecule has 1 fully saturated rings. The van der Waals surface area contributed by atoms with Crippen LogP contribution in [0.15, 0.2) is 17.7 Å². The number of hydrogen-bond acceptors (Lipinski definition) is 4. The molecule has 0 radical (unpaired) electrons. The van der Waals surface area contributed by atoms with E-state index < -0.39 is 17.8 Å². The number of carbonyl (C=O) groups is 3. The number of likely N-dealkylation sites (N-methyl/N-ethyl adjacent to an activating group) is 2. The van der Waals surface area contributed by atoms with Gasteiger partial charge in [0.15, 0.2) is 0 Å². The van der Waals surface area contributed by atoms with Crippen molar-refractivity contribution in [1.82, 2.24) is 9.80 Å². The second-order valence-electron chi connectivity index (χ2n) is 9.22. The second-order valence-corrected chi connectivity index (χ2v) is 9.22.